The van der Waals surface area contributed by atoms with Gasteiger partial charge in [-0.15, -0.1) is 11.3 Å². The number of halogens is 8. The number of nitrogens with zero attached hydrogens (tertiary/aromatic N) is 3. The molecule has 3 N–H and O–H groups in total. The number of hydrogen-bond acceptors (Lipinski definition) is 6. The molecule has 2 atom stereocenters. The first-order chi connectivity index (χ1) is 18.8. The molecule has 1 aromatic carbocycles. The van der Waals surface area contributed by atoms with Crippen molar-refractivity contribution in [3.63, 3.8) is 0 Å². The van der Waals surface area contributed by atoms with Gasteiger partial charge < -0.3 is 15.4 Å². The van der Waals surface area contributed by atoms with Gasteiger partial charge in [-0.1, -0.05) is 0 Å². The van der Waals surface area contributed by atoms with E-state index in [-0.39, 0.29) is 34.2 Å². The average Bonchev–Trinajstić information content (AvgIpc) is 3.41. The van der Waals surface area contributed by atoms with Crippen LogP contribution in [0.1, 0.15) is 41.2 Å². The summed E-state index contributed by atoms with van der Waals surface area (Å²) < 4.78 is 112. The third kappa shape index (κ3) is 5.52. The number of likely N-dealkylation sites (tertiary alicyclic amines) is 1. The van der Waals surface area contributed by atoms with Gasteiger partial charge in [-0.25, -0.2) is 22.5 Å². The SMILES string of the molecule is C[C@@H]1Cc2c([nH]c3nc(C(F)(F)F)sc23)[C@@H](c2c(F)cc(NC3CN(CCCF)C3)cc2F)N1CC(F)(F)CO. The summed E-state index contributed by atoms with van der Waals surface area (Å²) in [6, 6.07) is -0.229. The summed E-state index contributed by atoms with van der Waals surface area (Å²) in [6.07, 6.45) is -4.28. The molecule has 6 nitrogen and oxygen atoms in total. The highest BCUT2D eigenvalue weighted by molar-refractivity contribution is 7.18. The molecule has 3 aromatic rings. The number of anilines is 1. The van der Waals surface area contributed by atoms with Crippen LogP contribution in [0.5, 0.6) is 0 Å². The summed E-state index contributed by atoms with van der Waals surface area (Å²) in [5.74, 6) is -5.66. The molecule has 0 amide bonds. The van der Waals surface area contributed by atoms with Gasteiger partial charge in [-0.2, -0.15) is 13.2 Å². The van der Waals surface area contributed by atoms with Crippen molar-refractivity contribution in [3.05, 3.63) is 45.6 Å². The Kier molecular flexibility index (Phi) is 7.78. The molecular weight excluding hydrogens is 570 g/mol. The Labute approximate surface area is 228 Å². The number of benzene rings is 1. The molecule has 0 aliphatic carbocycles. The Morgan fingerprint density at radius 3 is 2.42 bits per heavy atom. The highest BCUT2D eigenvalue weighted by Gasteiger charge is 2.45. The molecule has 0 saturated carbocycles. The Morgan fingerprint density at radius 2 is 1.82 bits per heavy atom. The van der Waals surface area contributed by atoms with Crippen molar-refractivity contribution >= 4 is 27.4 Å². The van der Waals surface area contributed by atoms with Crippen LogP contribution < -0.4 is 5.32 Å². The lowest BCUT2D eigenvalue weighted by Crippen LogP contribution is -2.54. The molecule has 0 radical (unpaired) electrons. The second-order valence-electron chi connectivity index (χ2n) is 10.4. The van der Waals surface area contributed by atoms with Crippen LogP contribution in [0.3, 0.4) is 0 Å². The fourth-order valence-corrected chi connectivity index (χ4v) is 6.45. The predicted octanol–water partition coefficient (Wildman–Crippen LogP) is 5.34. The zero-order chi connectivity index (χ0) is 29.0. The molecule has 0 spiro atoms. The fraction of sp³-hybridized carbons (Fsp3) is 0.560. The highest BCUT2D eigenvalue weighted by atomic mass is 32.1. The van der Waals surface area contributed by atoms with Gasteiger partial charge in [0.1, 0.15) is 23.9 Å². The van der Waals surface area contributed by atoms with Gasteiger partial charge in [-0.05, 0) is 37.5 Å². The molecule has 0 unspecified atom stereocenters. The van der Waals surface area contributed by atoms with Gasteiger partial charge >= 0.3 is 6.18 Å². The quantitative estimate of drug-likeness (QED) is 0.291. The number of rotatable bonds is 9. The van der Waals surface area contributed by atoms with E-state index in [2.05, 4.69) is 15.3 Å². The molecule has 220 valence electrons. The van der Waals surface area contributed by atoms with E-state index < -0.39 is 66.2 Å². The van der Waals surface area contributed by atoms with E-state index in [1.165, 1.54) is 6.92 Å². The van der Waals surface area contributed by atoms with Crippen LogP contribution in [0.15, 0.2) is 12.1 Å². The number of fused-ring (bicyclic) bond motifs is 3. The second kappa shape index (κ2) is 10.7. The maximum atomic E-state index is 15.7. The maximum absolute atomic E-state index is 15.7. The van der Waals surface area contributed by atoms with E-state index in [0.717, 1.165) is 17.0 Å². The van der Waals surface area contributed by atoms with Crippen LogP contribution in [0.25, 0.3) is 10.3 Å². The first-order valence-electron chi connectivity index (χ1n) is 12.7. The van der Waals surface area contributed by atoms with Crippen molar-refractivity contribution in [3.8, 4) is 0 Å². The minimum absolute atomic E-state index is 0.0241. The van der Waals surface area contributed by atoms with Crippen molar-refractivity contribution in [1.29, 1.82) is 0 Å². The maximum Gasteiger partial charge on any atom is 0.443 e. The number of hydrogen-bond donors (Lipinski definition) is 3. The number of H-pyrrole nitrogens is 1. The molecule has 2 aliphatic heterocycles. The molecule has 2 aliphatic rings. The second-order valence-corrected chi connectivity index (χ2v) is 11.3. The van der Waals surface area contributed by atoms with E-state index in [4.69, 9.17) is 0 Å². The molecular formula is C25H27F8N5OS. The molecule has 1 saturated heterocycles. The zero-order valence-corrected chi connectivity index (χ0v) is 22.1. The third-order valence-corrected chi connectivity index (χ3v) is 8.49. The molecule has 4 heterocycles. The van der Waals surface area contributed by atoms with Gasteiger partial charge in [0.15, 0.2) is 0 Å². The lowest BCUT2D eigenvalue weighted by atomic mass is 9.88. The molecule has 1 fully saturated rings. The summed E-state index contributed by atoms with van der Waals surface area (Å²) in [6.45, 7) is 0.246. The largest absolute Gasteiger partial charge is 0.443 e. The molecule has 2 aromatic heterocycles. The minimum Gasteiger partial charge on any atom is -0.390 e. The third-order valence-electron chi connectivity index (χ3n) is 7.33. The van der Waals surface area contributed by atoms with Gasteiger partial charge in [0, 0.05) is 42.6 Å². The smallest absolute Gasteiger partial charge is 0.390 e. The number of aliphatic hydroxyl groups is 1. The lowest BCUT2D eigenvalue weighted by Gasteiger charge is -2.42. The van der Waals surface area contributed by atoms with Crippen LogP contribution in [-0.2, 0) is 12.6 Å². The molecule has 5 rings (SSSR count). The zero-order valence-electron chi connectivity index (χ0n) is 21.3. The van der Waals surface area contributed by atoms with Crippen molar-refractivity contribution in [2.45, 2.75) is 50.0 Å². The number of nitrogens with one attached hydrogen (secondary N) is 2. The van der Waals surface area contributed by atoms with E-state index in [1.807, 2.05) is 4.90 Å². The van der Waals surface area contributed by atoms with Crippen LogP contribution in [0.4, 0.5) is 40.8 Å². The normalized spacial score (nSPS) is 21.1. The van der Waals surface area contributed by atoms with E-state index in [0.29, 0.717) is 43.0 Å². The fourth-order valence-electron chi connectivity index (χ4n) is 5.49. The Balaban J connectivity index is 1.52. The first kappa shape index (κ1) is 29.0. The van der Waals surface area contributed by atoms with Gasteiger partial charge in [0.2, 0.25) is 5.01 Å². The minimum atomic E-state index is -4.70. The molecule has 15 heteroatoms. The molecule has 0 bridgehead atoms. The van der Waals surface area contributed by atoms with E-state index in [9.17, 15) is 31.4 Å². The number of aromatic nitrogens is 2. The summed E-state index contributed by atoms with van der Waals surface area (Å²) in [7, 11) is 0. The van der Waals surface area contributed by atoms with Gasteiger partial charge in [0.05, 0.1) is 30.0 Å². The Bertz CT molecular complexity index is 1350. The summed E-state index contributed by atoms with van der Waals surface area (Å²) >= 11 is 0.379. The van der Waals surface area contributed by atoms with Crippen LogP contribution >= 0.6 is 11.3 Å². The van der Waals surface area contributed by atoms with Gasteiger partial charge in [-0.3, -0.25) is 14.2 Å². The van der Waals surface area contributed by atoms with Crippen molar-refractivity contribution in [2.24, 2.45) is 0 Å². The monoisotopic (exact) mass is 597 g/mol. The van der Waals surface area contributed by atoms with Gasteiger partial charge in [0.25, 0.3) is 5.92 Å². The molecule has 40 heavy (non-hydrogen) atoms. The standard InChI is InChI=1S/C25H27F8N5OS/c1-12-5-15-19(35-22-21(15)40-23(36-22)25(31,32)33)20(38(12)10-24(29,30)11-39)18-16(27)6-13(7-17(18)28)34-14-8-37(9-14)4-2-3-26/h6-7,12,14,20,34-35,39H,2-5,8-11H2,1H3/t12-,20-/m1/s1. The Morgan fingerprint density at radius 1 is 1.15 bits per heavy atom. The predicted molar refractivity (Wildman–Crippen MR) is 134 cm³/mol. The number of aliphatic hydroxyl groups excluding tert-OH is 1. The van der Waals surface area contributed by atoms with E-state index >= 15 is 8.78 Å². The van der Waals surface area contributed by atoms with E-state index in [1.54, 1.807) is 0 Å². The topological polar surface area (TPSA) is 67.4 Å². The van der Waals surface area contributed by atoms with Crippen molar-refractivity contribution in [2.75, 3.05) is 44.8 Å². The average molecular weight is 598 g/mol. The van der Waals surface area contributed by atoms with Crippen molar-refractivity contribution < 1.29 is 40.2 Å². The highest BCUT2D eigenvalue weighted by Crippen LogP contribution is 2.46. The number of aromatic amines is 1. The Hall–Kier alpha value is -2.49. The first-order valence-corrected chi connectivity index (χ1v) is 13.5. The number of thiazole rings is 1. The van der Waals surface area contributed by atoms with Crippen molar-refractivity contribution in [1.82, 2.24) is 19.8 Å². The lowest BCUT2D eigenvalue weighted by molar-refractivity contribution is -0.137. The summed E-state index contributed by atoms with van der Waals surface area (Å²) in [4.78, 5) is 9.45. The summed E-state index contributed by atoms with van der Waals surface area (Å²) in [5, 5.41) is 11.1. The van der Waals surface area contributed by atoms with Crippen LogP contribution in [-0.4, -0.2) is 82.3 Å². The van der Waals surface area contributed by atoms with Crippen LogP contribution in [0, 0.1) is 11.6 Å². The van der Waals surface area contributed by atoms with Crippen LogP contribution in [0.2, 0.25) is 0 Å². The number of alkyl halides is 6. The summed E-state index contributed by atoms with van der Waals surface area (Å²) in [5.41, 5.74) is -0.149.